The van der Waals surface area contributed by atoms with E-state index in [0.29, 0.717) is 51.9 Å². The Balaban J connectivity index is 1.94. The summed E-state index contributed by atoms with van der Waals surface area (Å²) in [6.07, 6.45) is 3.59. The Morgan fingerprint density at radius 3 is 2.04 bits per heavy atom. The number of primary amides is 1. The van der Waals surface area contributed by atoms with Crippen molar-refractivity contribution in [2.75, 3.05) is 26.2 Å². The molecule has 0 aliphatic carbocycles. The molecule has 0 spiro atoms. The molecule has 0 bridgehead atoms. The van der Waals surface area contributed by atoms with Crippen LogP contribution in [-0.2, 0) is 14.4 Å². The maximum atomic E-state index is 12.4. The van der Waals surface area contributed by atoms with Gasteiger partial charge in [0.1, 0.15) is 11.6 Å². The fourth-order valence-electron chi connectivity index (χ4n) is 3.13. The van der Waals surface area contributed by atoms with Crippen molar-refractivity contribution in [3.63, 3.8) is 0 Å². The second kappa shape index (κ2) is 7.81. The molecule has 0 saturated carbocycles. The summed E-state index contributed by atoms with van der Waals surface area (Å²) in [6.45, 7) is 1.84. The molecule has 2 saturated heterocycles. The van der Waals surface area contributed by atoms with Crippen LogP contribution in [0.25, 0.3) is 0 Å². The number of nitrogens with zero attached hydrogens (tertiary/aromatic N) is 3. The first-order valence-electron chi connectivity index (χ1n) is 8.09. The predicted octanol–water partition coefficient (Wildman–Crippen LogP) is -0.0856. The van der Waals surface area contributed by atoms with E-state index < -0.39 is 11.9 Å². The van der Waals surface area contributed by atoms with Gasteiger partial charge in [0, 0.05) is 38.3 Å². The molecule has 8 heteroatoms. The van der Waals surface area contributed by atoms with E-state index in [1.165, 1.54) is 4.90 Å². The van der Waals surface area contributed by atoms with Crippen LogP contribution >= 0.6 is 0 Å². The van der Waals surface area contributed by atoms with Gasteiger partial charge in [-0.15, -0.1) is 0 Å². The summed E-state index contributed by atoms with van der Waals surface area (Å²) in [5.74, 6) is -2.08. The number of carbonyl (C=O) groups is 3. The van der Waals surface area contributed by atoms with E-state index in [-0.39, 0.29) is 23.3 Å². The van der Waals surface area contributed by atoms with Gasteiger partial charge in [0.05, 0.1) is 5.92 Å². The average molecular weight is 334 g/mol. The highest BCUT2D eigenvalue weighted by atomic mass is 16.4. The lowest BCUT2D eigenvalue weighted by molar-refractivity contribution is -0.145. The molecule has 2 aliphatic rings. The van der Waals surface area contributed by atoms with Crippen LogP contribution in [-0.4, -0.2) is 58.9 Å². The largest absolute Gasteiger partial charge is 0.481 e. The van der Waals surface area contributed by atoms with Crippen LogP contribution in [0, 0.1) is 23.2 Å². The first-order valence-corrected chi connectivity index (χ1v) is 8.09. The molecular formula is C16H22N4O4. The van der Waals surface area contributed by atoms with Gasteiger partial charge in [-0.25, -0.2) is 0 Å². The van der Waals surface area contributed by atoms with Crippen molar-refractivity contribution >= 4 is 17.8 Å². The Kier molecular flexibility index (Phi) is 5.79. The first-order chi connectivity index (χ1) is 11.4. The fraction of sp³-hybridized carbons (Fsp3) is 0.625. The Bertz CT molecular complexity index is 579. The third-order valence-corrected chi connectivity index (χ3v) is 4.73. The Morgan fingerprint density at radius 2 is 1.58 bits per heavy atom. The quantitative estimate of drug-likeness (QED) is 0.546. The number of rotatable bonds is 4. The number of hydrogen-bond donors (Lipinski definition) is 2. The highest BCUT2D eigenvalue weighted by Crippen LogP contribution is 2.20. The van der Waals surface area contributed by atoms with E-state index in [0.717, 1.165) is 0 Å². The van der Waals surface area contributed by atoms with E-state index in [4.69, 9.17) is 10.8 Å². The maximum absolute atomic E-state index is 12.4. The standard InChI is InChI=1S/C16H22N4O4/c17-9-13(10-19-5-1-11(2-6-19)14(18)21)15(22)20-7-3-12(4-8-20)16(23)24/h10-12H,1-8H2,(H2,18,21)(H,23,24)/b13-10-. The maximum Gasteiger partial charge on any atom is 0.306 e. The molecule has 2 heterocycles. The second-order valence-electron chi connectivity index (χ2n) is 6.27. The molecule has 24 heavy (non-hydrogen) atoms. The van der Waals surface area contributed by atoms with Crippen molar-refractivity contribution in [2.24, 2.45) is 17.6 Å². The topological polar surface area (TPSA) is 128 Å². The number of carbonyl (C=O) groups excluding carboxylic acids is 2. The van der Waals surface area contributed by atoms with Crippen LogP contribution in [0.2, 0.25) is 0 Å². The number of carboxylic acid groups (broad SMARTS) is 1. The SMILES string of the molecule is N#C/C(=C/N1CCC(C(N)=O)CC1)C(=O)N1CCC(C(=O)O)CC1. The lowest BCUT2D eigenvalue weighted by Crippen LogP contribution is -2.41. The molecule has 0 aromatic heterocycles. The minimum Gasteiger partial charge on any atom is -0.481 e. The molecule has 2 fully saturated rings. The van der Waals surface area contributed by atoms with Gasteiger partial charge in [0.25, 0.3) is 5.91 Å². The summed E-state index contributed by atoms with van der Waals surface area (Å²) in [5.41, 5.74) is 5.33. The zero-order valence-corrected chi connectivity index (χ0v) is 13.5. The van der Waals surface area contributed by atoms with Crippen LogP contribution in [0.4, 0.5) is 0 Å². The summed E-state index contributed by atoms with van der Waals surface area (Å²) in [7, 11) is 0. The number of amides is 2. The normalized spacial score (nSPS) is 20.5. The highest BCUT2D eigenvalue weighted by Gasteiger charge is 2.29. The first kappa shape index (κ1) is 17.8. The highest BCUT2D eigenvalue weighted by molar-refractivity contribution is 5.97. The summed E-state index contributed by atoms with van der Waals surface area (Å²) >= 11 is 0. The number of hydrogen-bond acceptors (Lipinski definition) is 5. The van der Waals surface area contributed by atoms with Crippen LogP contribution in [0.5, 0.6) is 0 Å². The van der Waals surface area contributed by atoms with Crippen LogP contribution in [0.1, 0.15) is 25.7 Å². The van der Waals surface area contributed by atoms with Gasteiger partial charge in [-0.05, 0) is 25.7 Å². The molecule has 2 rings (SSSR count). The van der Waals surface area contributed by atoms with Crippen molar-refractivity contribution in [3.05, 3.63) is 11.8 Å². The number of nitriles is 1. The average Bonchev–Trinajstić information content (AvgIpc) is 2.59. The number of likely N-dealkylation sites (tertiary alicyclic amines) is 2. The van der Waals surface area contributed by atoms with Gasteiger partial charge >= 0.3 is 5.97 Å². The number of aliphatic carboxylic acids is 1. The smallest absolute Gasteiger partial charge is 0.306 e. The monoisotopic (exact) mass is 334 g/mol. The zero-order valence-electron chi connectivity index (χ0n) is 13.5. The number of carboxylic acids is 1. The van der Waals surface area contributed by atoms with Crippen molar-refractivity contribution in [1.82, 2.24) is 9.80 Å². The lowest BCUT2D eigenvalue weighted by Gasteiger charge is -2.32. The third-order valence-electron chi connectivity index (χ3n) is 4.73. The molecule has 0 unspecified atom stereocenters. The van der Waals surface area contributed by atoms with Crippen molar-refractivity contribution < 1.29 is 19.5 Å². The molecule has 0 radical (unpaired) electrons. The second-order valence-corrected chi connectivity index (χ2v) is 6.27. The van der Waals surface area contributed by atoms with Gasteiger partial charge in [0.2, 0.25) is 5.91 Å². The zero-order chi connectivity index (χ0) is 17.7. The summed E-state index contributed by atoms with van der Waals surface area (Å²) < 4.78 is 0. The molecule has 0 aromatic carbocycles. The van der Waals surface area contributed by atoms with Crippen LogP contribution in [0.3, 0.4) is 0 Å². The number of nitrogens with two attached hydrogens (primary N) is 1. The molecule has 3 N–H and O–H groups in total. The van der Waals surface area contributed by atoms with Gasteiger partial charge in [-0.2, -0.15) is 5.26 Å². The van der Waals surface area contributed by atoms with Crippen molar-refractivity contribution in [2.45, 2.75) is 25.7 Å². The molecular weight excluding hydrogens is 312 g/mol. The Labute approximate surface area is 140 Å². The molecule has 130 valence electrons. The predicted molar refractivity (Wildman–Crippen MR) is 84.1 cm³/mol. The van der Waals surface area contributed by atoms with Crippen molar-refractivity contribution in [3.8, 4) is 6.07 Å². The molecule has 0 atom stereocenters. The third kappa shape index (κ3) is 4.25. The molecule has 0 aromatic rings. The minimum atomic E-state index is -0.838. The van der Waals surface area contributed by atoms with E-state index in [2.05, 4.69) is 0 Å². The van der Waals surface area contributed by atoms with Crippen LogP contribution < -0.4 is 5.73 Å². The Hall–Kier alpha value is -2.56. The van der Waals surface area contributed by atoms with Gasteiger partial charge in [0.15, 0.2) is 0 Å². The molecule has 2 aliphatic heterocycles. The molecule has 2 amide bonds. The van der Waals surface area contributed by atoms with Crippen molar-refractivity contribution in [1.29, 1.82) is 5.26 Å². The lowest BCUT2D eigenvalue weighted by atomic mass is 9.96. The fourth-order valence-corrected chi connectivity index (χ4v) is 3.13. The van der Waals surface area contributed by atoms with Gasteiger partial charge < -0.3 is 20.6 Å². The van der Waals surface area contributed by atoms with E-state index in [1.807, 2.05) is 11.0 Å². The van der Waals surface area contributed by atoms with Crippen LogP contribution in [0.15, 0.2) is 11.8 Å². The van der Waals surface area contributed by atoms with Gasteiger partial charge in [-0.1, -0.05) is 0 Å². The summed E-state index contributed by atoms with van der Waals surface area (Å²) in [5, 5.41) is 18.3. The number of piperidine rings is 2. The van der Waals surface area contributed by atoms with E-state index >= 15 is 0 Å². The molecule has 8 nitrogen and oxygen atoms in total. The van der Waals surface area contributed by atoms with E-state index in [1.54, 1.807) is 6.20 Å². The van der Waals surface area contributed by atoms with E-state index in [9.17, 15) is 19.6 Å². The summed E-state index contributed by atoms with van der Waals surface area (Å²) in [6, 6.07) is 1.93. The van der Waals surface area contributed by atoms with Gasteiger partial charge in [-0.3, -0.25) is 14.4 Å². The summed E-state index contributed by atoms with van der Waals surface area (Å²) in [4.78, 5) is 37.9. The Morgan fingerprint density at radius 1 is 1.04 bits per heavy atom. The minimum absolute atomic E-state index is 0.0429.